The minimum absolute atomic E-state index is 0.113. The second-order valence-electron chi connectivity index (χ2n) is 3.29. The molecule has 94 valence electrons. The summed E-state index contributed by atoms with van der Waals surface area (Å²) < 4.78 is 40.2. The van der Waals surface area contributed by atoms with Crippen molar-refractivity contribution in [3.05, 3.63) is 0 Å². The zero-order valence-electron chi connectivity index (χ0n) is 9.26. The first-order valence-corrected chi connectivity index (χ1v) is 5.07. The van der Waals surface area contributed by atoms with Gasteiger partial charge in [0, 0.05) is 6.42 Å². The summed E-state index contributed by atoms with van der Waals surface area (Å²) in [4.78, 5) is 22.6. The normalized spacial score (nSPS) is 13.3. The number of ketones is 1. The highest BCUT2D eigenvalue weighted by Crippen LogP contribution is 2.23. The molecule has 0 aromatic carbocycles. The number of rotatable bonds is 6. The maximum atomic E-state index is 11.9. The van der Waals surface area contributed by atoms with Crippen LogP contribution in [0.3, 0.4) is 0 Å². The van der Waals surface area contributed by atoms with Gasteiger partial charge in [0.25, 0.3) is 0 Å². The van der Waals surface area contributed by atoms with Crippen LogP contribution < -0.4 is 0 Å². The summed E-state index contributed by atoms with van der Waals surface area (Å²) in [7, 11) is 0. The molecule has 0 aromatic rings. The first-order valence-electron chi connectivity index (χ1n) is 5.07. The zero-order chi connectivity index (χ0) is 12.8. The highest BCUT2D eigenvalue weighted by molar-refractivity contribution is 5.98. The molecule has 0 rings (SSSR count). The number of carbonyl (C=O) groups excluding carboxylic acids is 2. The maximum Gasteiger partial charge on any atom is 0.389 e. The lowest BCUT2D eigenvalue weighted by atomic mass is 9.97. The molecule has 0 aliphatic carbocycles. The molecule has 6 heteroatoms. The monoisotopic (exact) mass is 240 g/mol. The number of hydrogen-bond donors (Lipinski definition) is 0. The van der Waals surface area contributed by atoms with Gasteiger partial charge in [-0.25, -0.2) is 0 Å². The van der Waals surface area contributed by atoms with E-state index in [0.717, 1.165) is 0 Å². The number of carbonyl (C=O) groups is 2. The minimum Gasteiger partial charge on any atom is -0.465 e. The molecule has 3 nitrogen and oxygen atoms in total. The van der Waals surface area contributed by atoms with Crippen LogP contribution in [0.1, 0.15) is 33.1 Å². The fourth-order valence-electron chi connectivity index (χ4n) is 1.21. The van der Waals surface area contributed by atoms with Crippen LogP contribution in [0.5, 0.6) is 0 Å². The second-order valence-corrected chi connectivity index (χ2v) is 3.29. The van der Waals surface area contributed by atoms with E-state index in [9.17, 15) is 22.8 Å². The lowest BCUT2D eigenvalue weighted by molar-refractivity contribution is -0.156. The van der Waals surface area contributed by atoms with Crippen molar-refractivity contribution in [1.82, 2.24) is 0 Å². The zero-order valence-corrected chi connectivity index (χ0v) is 9.26. The van der Waals surface area contributed by atoms with Crippen molar-refractivity contribution < 1.29 is 27.5 Å². The number of Topliss-reactive ketones (excluding diaryl/α,β-unsaturated/α-hetero) is 1. The van der Waals surface area contributed by atoms with Crippen molar-refractivity contribution in [1.29, 1.82) is 0 Å². The molecule has 0 amide bonds. The topological polar surface area (TPSA) is 43.4 Å². The Bertz CT molecular complexity index is 248. The van der Waals surface area contributed by atoms with Gasteiger partial charge in [0.05, 0.1) is 13.0 Å². The Morgan fingerprint density at radius 3 is 2.19 bits per heavy atom. The quantitative estimate of drug-likeness (QED) is 0.529. The summed E-state index contributed by atoms with van der Waals surface area (Å²) in [6.07, 6.45) is -6.07. The maximum absolute atomic E-state index is 11.9. The molecule has 0 spiro atoms. The highest BCUT2D eigenvalue weighted by Gasteiger charge is 2.32. The average molecular weight is 240 g/mol. The molecular formula is C10H15F3O3. The Morgan fingerprint density at radius 2 is 1.81 bits per heavy atom. The summed E-state index contributed by atoms with van der Waals surface area (Å²) in [5.74, 6) is -2.52. The summed E-state index contributed by atoms with van der Waals surface area (Å²) in [5, 5.41) is 0. The van der Waals surface area contributed by atoms with Gasteiger partial charge < -0.3 is 4.74 Å². The molecule has 0 aliphatic heterocycles. The second kappa shape index (κ2) is 6.50. The fourth-order valence-corrected chi connectivity index (χ4v) is 1.21. The van der Waals surface area contributed by atoms with Gasteiger partial charge in [0.2, 0.25) is 0 Å². The van der Waals surface area contributed by atoms with Gasteiger partial charge in [-0.1, -0.05) is 6.92 Å². The predicted octanol–water partition coefficient (Wildman–Crippen LogP) is 2.49. The van der Waals surface area contributed by atoms with Gasteiger partial charge in [-0.05, 0) is 13.3 Å². The van der Waals surface area contributed by atoms with Crippen LogP contribution >= 0.6 is 0 Å². The van der Waals surface area contributed by atoms with E-state index in [1.807, 2.05) is 0 Å². The van der Waals surface area contributed by atoms with Gasteiger partial charge in [-0.15, -0.1) is 0 Å². The third-order valence-corrected chi connectivity index (χ3v) is 2.02. The molecule has 0 fully saturated rings. The number of ether oxygens (including phenoxy) is 1. The van der Waals surface area contributed by atoms with E-state index >= 15 is 0 Å². The third kappa shape index (κ3) is 5.72. The van der Waals surface area contributed by atoms with Crippen LogP contribution in [-0.2, 0) is 14.3 Å². The third-order valence-electron chi connectivity index (χ3n) is 2.02. The van der Waals surface area contributed by atoms with Crippen molar-refractivity contribution in [3.63, 3.8) is 0 Å². The molecule has 0 bridgehead atoms. The molecule has 0 N–H and O–H groups in total. The van der Waals surface area contributed by atoms with Crippen molar-refractivity contribution in [3.8, 4) is 0 Å². The minimum atomic E-state index is -4.37. The molecule has 1 atom stereocenters. The molecule has 1 unspecified atom stereocenters. The first kappa shape index (κ1) is 14.9. The molecule has 0 aromatic heterocycles. The van der Waals surface area contributed by atoms with E-state index < -0.39 is 36.7 Å². The van der Waals surface area contributed by atoms with E-state index in [4.69, 9.17) is 0 Å². The van der Waals surface area contributed by atoms with Crippen LogP contribution in [-0.4, -0.2) is 24.5 Å². The van der Waals surface area contributed by atoms with Gasteiger partial charge >= 0.3 is 12.1 Å². The number of hydrogen-bond acceptors (Lipinski definition) is 3. The van der Waals surface area contributed by atoms with Crippen molar-refractivity contribution in [2.45, 2.75) is 39.3 Å². The molecular weight excluding hydrogens is 225 g/mol. The summed E-state index contributed by atoms with van der Waals surface area (Å²) in [5.41, 5.74) is 0. The fraction of sp³-hybridized carbons (Fsp3) is 0.800. The largest absolute Gasteiger partial charge is 0.465 e. The summed E-state index contributed by atoms with van der Waals surface area (Å²) >= 11 is 0. The molecule has 16 heavy (non-hydrogen) atoms. The molecule has 0 saturated carbocycles. The van der Waals surface area contributed by atoms with Gasteiger partial charge in [-0.2, -0.15) is 13.2 Å². The first-order chi connectivity index (χ1) is 7.31. The summed E-state index contributed by atoms with van der Waals surface area (Å²) in [6.45, 7) is 3.25. The Kier molecular flexibility index (Phi) is 6.06. The standard InChI is InChI=1S/C10H15F3O3/c1-3-7(9(15)16-4-2)8(14)5-6-10(11,12)13/h7H,3-6H2,1-2H3. The average Bonchev–Trinajstić information content (AvgIpc) is 2.15. The van der Waals surface area contributed by atoms with E-state index in [1.165, 1.54) is 0 Å². The van der Waals surface area contributed by atoms with Crippen LogP contribution in [0.2, 0.25) is 0 Å². The lowest BCUT2D eigenvalue weighted by Crippen LogP contribution is -2.26. The smallest absolute Gasteiger partial charge is 0.389 e. The molecule has 0 radical (unpaired) electrons. The van der Waals surface area contributed by atoms with Crippen molar-refractivity contribution in [2.24, 2.45) is 5.92 Å². The van der Waals surface area contributed by atoms with Crippen molar-refractivity contribution >= 4 is 11.8 Å². The Labute approximate surface area is 92.0 Å². The Hall–Kier alpha value is -1.07. The SMILES string of the molecule is CCOC(=O)C(CC)C(=O)CCC(F)(F)F. The van der Waals surface area contributed by atoms with E-state index in [0.29, 0.717) is 0 Å². The van der Waals surface area contributed by atoms with E-state index in [1.54, 1.807) is 13.8 Å². The number of halogens is 3. The van der Waals surface area contributed by atoms with Gasteiger partial charge in [0.1, 0.15) is 11.7 Å². The highest BCUT2D eigenvalue weighted by atomic mass is 19.4. The van der Waals surface area contributed by atoms with Crippen molar-refractivity contribution in [2.75, 3.05) is 6.61 Å². The Balaban J connectivity index is 4.27. The van der Waals surface area contributed by atoms with Crippen LogP contribution in [0, 0.1) is 5.92 Å². The van der Waals surface area contributed by atoms with Crippen LogP contribution in [0.15, 0.2) is 0 Å². The predicted molar refractivity (Wildman–Crippen MR) is 50.7 cm³/mol. The number of alkyl halides is 3. The van der Waals surface area contributed by atoms with E-state index in [-0.39, 0.29) is 13.0 Å². The van der Waals surface area contributed by atoms with Gasteiger partial charge in [0.15, 0.2) is 0 Å². The molecule has 0 heterocycles. The number of esters is 1. The Morgan fingerprint density at radius 1 is 1.25 bits per heavy atom. The molecule has 0 saturated heterocycles. The lowest BCUT2D eigenvalue weighted by Gasteiger charge is -2.13. The summed E-state index contributed by atoms with van der Waals surface area (Å²) in [6, 6.07) is 0. The van der Waals surface area contributed by atoms with Crippen LogP contribution in [0.25, 0.3) is 0 Å². The van der Waals surface area contributed by atoms with Gasteiger partial charge in [-0.3, -0.25) is 9.59 Å². The van der Waals surface area contributed by atoms with E-state index in [2.05, 4.69) is 4.74 Å². The van der Waals surface area contributed by atoms with Crippen LogP contribution in [0.4, 0.5) is 13.2 Å². The molecule has 0 aliphatic rings.